The third-order valence-corrected chi connectivity index (χ3v) is 4.27. The maximum Gasteiger partial charge on any atom is 0.126 e. The Morgan fingerprint density at radius 3 is 2.84 bits per heavy atom. The van der Waals surface area contributed by atoms with Crippen LogP contribution in [0.4, 0.5) is 5.82 Å². The number of aromatic nitrogens is 1. The molecule has 3 nitrogen and oxygen atoms in total. The molecule has 104 valence electrons. The Morgan fingerprint density at radius 2 is 2.16 bits per heavy atom. The Kier molecular flexibility index (Phi) is 5.14. The number of thiocarbonyl (C=S) groups is 1. The van der Waals surface area contributed by atoms with E-state index in [0.717, 1.165) is 29.8 Å². The predicted molar refractivity (Wildman–Crippen MR) is 84.4 cm³/mol. The lowest BCUT2D eigenvalue weighted by Gasteiger charge is -2.26. The molecule has 3 N–H and O–H groups in total. The third-order valence-electron chi connectivity index (χ3n) is 4.04. The van der Waals surface area contributed by atoms with Crippen LogP contribution in [0.25, 0.3) is 0 Å². The molecule has 0 aromatic carbocycles. The molecular weight excluding hydrogens is 254 g/mol. The molecular formula is C15H23N3S. The van der Waals surface area contributed by atoms with Crippen molar-refractivity contribution in [3.63, 3.8) is 0 Å². The summed E-state index contributed by atoms with van der Waals surface area (Å²) in [6.45, 7) is 3.34. The predicted octanol–water partition coefficient (Wildman–Crippen LogP) is 3.34. The lowest BCUT2D eigenvalue weighted by atomic mass is 9.81. The fraction of sp³-hybridized carbons (Fsp3) is 0.600. The number of nitrogens with one attached hydrogen (secondary N) is 1. The van der Waals surface area contributed by atoms with Crippen LogP contribution in [0, 0.1) is 11.8 Å². The van der Waals surface area contributed by atoms with Crippen molar-refractivity contribution in [2.24, 2.45) is 17.6 Å². The number of pyridine rings is 1. The van der Waals surface area contributed by atoms with Gasteiger partial charge in [-0.1, -0.05) is 44.8 Å². The summed E-state index contributed by atoms with van der Waals surface area (Å²) >= 11 is 4.97. The third kappa shape index (κ3) is 4.46. The fourth-order valence-corrected chi connectivity index (χ4v) is 2.83. The Morgan fingerprint density at radius 1 is 1.42 bits per heavy atom. The highest BCUT2D eigenvalue weighted by molar-refractivity contribution is 7.80. The average molecular weight is 277 g/mol. The van der Waals surface area contributed by atoms with Gasteiger partial charge in [-0.2, -0.15) is 0 Å². The van der Waals surface area contributed by atoms with Crippen molar-refractivity contribution in [3.05, 3.63) is 23.9 Å². The van der Waals surface area contributed by atoms with Gasteiger partial charge in [0.2, 0.25) is 0 Å². The molecule has 1 fully saturated rings. The lowest BCUT2D eigenvalue weighted by Crippen LogP contribution is -2.16. The summed E-state index contributed by atoms with van der Waals surface area (Å²) in [4.78, 5) is 4.71. The first-order chi connectivity index (χ1) is 9.15. The van der Waals surface area contributed by atoms with Crippen molar-refractivity contribution in [1.82, 2.24) is 4.98 Å². The second-order valence-corrected chi connectivity index (χ2v) is 6.08. The molecule has 1 saturated carbocycles. The lowest BCUT2D eigenvalue weighted by molar-refractivity contribution is 0.282. The van der Waals surface area contributed by atoms with Crippen molar-refractivity contribution in [2.45, 2.75) is 39.0 Å². The van der Waals surface area contributed by atoms with Gasteiger partial charge < -0.3 is 11.1 Å². The minimum Gasteiger partial charge on any atom is -0.389 e. The first-order valence-corrected chi connectivity index (χ1v) is 7.55. The van der Waals surface area contributed by atoms with Crippen LogP contribution in [-0.4, -0.2) is 16.5 Å². The number of nitrogens with two attached hydrogens (primary N) is 1. The zero-order valence-corrected chi connectivity index (χ0v) is 12.4. The van der Waals surface area contributed by atoms with Crippen LogP contribution in [0.3, 0.4) is 0 Å². The maximum absolute atomic E-state index is 5.62. The number of rotatable bonds is 5. The van der Waals surface area contributed by atoms with E-state index in [1.165, 1.54) is 32.1 Å². The smallest absolute Gasteiger partial charge is 0.126 e. The van der Waals surface area contributed by atoms with Crippen LogP contribution in [0.2, 0.25) is 0 Å². The highest BCUT2D eigenvalue weighted by Crippen LogP contribution is 2.30. The van der Waals surface area contributed by atoms with Crippen LogP contribution in [0.1, 0.15) is 44.6 Å². The quantitative estimate of drug-likeness (QED) is 0.810. The number of anilines is 1. The van der Waals surface area contributed by atoms with Crippen molar-refractivity contribution < 1.29 is 0 Å². The monoisotopic (exact) mass is 277 g/mol. The maximum atomic E-state index is 5.62. The minimum absolute atomic E-state index is 0.423. The molecule has 1 aromatic rings. The van der Waals surface area contributed by atoms with Crippen LogP contribution in [0.15, 0.2) is 18.3 Å². The highest BCUT2D eigenvalue weighted by Gasteiger charge is 2.17. The van der Waals surface area contributed by atoms with Gasteiger partial charge in [-0.05, 0) is 30.4 Å². The summed E-state index contributed by atoms with van der Waals surface area (Å²) in [6.07, 6.45) is 8.51. The molecule has 0 saturated heterocycles. The van der Waals surface area contributed by atoms with Gasteiger partial charge in [0.15, 0.2) is 0 Å². The number of hydrogen-bond donors (Lipinski definition) is 2. The zero-order valence-electron chi connectivity index (χ0n) is 11.6. The van der Waals surface area contributed by atoms with E-state index in [-0.39, 0.29) is 0 Å². The highest BCUT2D eigenvalue weighted by atomic mass is 32.1. The molecule has 0 bridgehead atoms. The fourth-order valence-electron chi connectivity index (χ4n) is 2.70. The number of hydrogen-bond acceptors (Lipinski definition) is 3. The second kappa shape index (κ2) is 6.85. The van der Waals surface area contributed by atoms with Gasteiger partial charge in [0.25, 0.3) is 0 Å². The van der Waals surface area contributed by atoms with Gasteiger partial charge in [-0.25, -0.2) is 4.98 Å². The molecule has 0 atom stereocenters. The Balaban J connectivity index is 1.76. The van der Waals surface area contributed by atoms with Gasteiger partial charge in [-0.3, -0.25) is 0 Å². The summed E-state index contributed by atoms with van der Waals surface area (Å²) in [5.74, 6) is 2.67. The van der Waals surface area contributed by atoms with Crippen molar-refractivity contribution in [1.29, 1.82) is 0 Å². The molecule has 0 radical (unpaired) electrons. The van der Waals surface area contributed by atoms with Crippen LogP contribution < -0.4 is 11.1 Å². The van der Waals surface area contributed by atoms with Crippen molar-refractivity contribution in [2.75, 3.05) is 11.9 Å². The van der Waals surface area contributed by atoms with E-state index in [1.54, 1.807) is 6.20 Å². The first-order valence-electron chi connectivity index (χ1n) is 7.15. The Hall–Kier alpha value is -1.16. The van der Waals surface area contributed by atoms with E-state index >= 15 is 0 Å². The van der Waals surface area contributed by atoms with Gasteiger partial charge >= 0.3 is 0 Å². The van der Waals surface area contributed by atoms with Crippen LogP contribution >= 0.6 is 12.2 Å². The molecule has 1 aromatic heterocycles. The van der Waals surface area contributed by atoms with E-state index < -0.39 is 0 Å². The van der Waals surface area contributed by atoms with Crippen LogP contribution in [0.5, 0.6) is 0 Å². The van der Waals surface area contributed by atoms with Gasteiger partial charge in [0.1, 0.15) is 10.8 Å². The Bertz CT molecular complexity index is 425. The summed E-state index contributed by atoms with van der Waals surface area (Å²) in [6, 6.07) is 3.77. The molecule has 0 amide bonds. The Labute approximate surface area is 121 Å². The van der Waals surface area contributed by atoms with Gasteiger partial charge in [-0.15, -0.1) is 0 Å². The van der Waals surface area contributed by atoms with Gasteiger partial charge in [0.05, 0.1) is 0 Å². The summed E-state index contributed by atoms with van der Waals surface area (Å²) in [7, 11) is 0. The van der Waals surface area contributed by atoms with E-state index in [2.05, 4.69) is 17.2 Å². The molecule has 0 spiro atoms. The molecule has 1 heterocycles. The first kappa shape index (κ1) is 14.3. The topological polar surface area (TPSA) is 50.9 Å². The minimum atomic E-state index is 0.423. The van der Waals surface area contributed by atoms with Crippen molar-refractivity contribution >= 4 is 23.0 Å². The normalized spacial score (nSPS) is 23.0. The molecule has 0 aliphatic heterocycles. The number of nitrogens with zero attached hydrogens (tertiary/aromatic N) is 1. The van der Waals surface area contributed by atoms with E-state index in [4.69, 9.17) is 18.0 Å². The van der Waals surface area contributed by atoms with Crippen LogP contribution in [-0.2, 0) is 0 Å². The molecule has 0 unspecified atom stereocenters. The van der Waals surface area contributed by atoms with Gasteiger partial charge in [0, 0.05) is 18.3 Å². The molecule has 4 heteroatoms. The van der Waals surface area contributed by atoms with E-state index in [0.29, 0.717) is 4.99 Å². The molecule has 2 rings (SSSR count). The largest absolute Gasteiger partial charge is 0.389 e. The summed E-state index contributed by atoms with van der Waals surface area (Å²) in [5.41, 5.74) is 6.49. The summed E-state index contributed by atoms with van der Waals surface area (Å²) in [5, 5.41) is 3.37. The standard InChI is InChI=1S/C15H23N3S/c1-11-2-4-12(5-3-11)6-8-17-14-10-13(15(16)19)7-9-18-14/h7,9-12H,2-6,8H2,1H3,(H2,16,19)(H,17,18). The second-order valence-electron chi connectivity index (χ2n) is 5.64. The average Bonchev–Trinajstić information content (AvgIpc) is 2.41. The van der Waals surface area contributed by atoms with Crippen molar-refractivity contribution in [3.8, 4) is 0 Å². The zero-order chi connectivity index (χ0) is 13.7. The van der Waals surface area contributed by atoms with E-state index in [9.17, 15) is 0 Å². The molecule has 19 heavy (non-hydrogen) atoms. The summed E-state index contributed by atoms with van der Waals surface area (Å²) < 4.78 is 0. The van der Waals surface area contributed by atoms with E-state index in [1.807, 2.05) is 12.1 Å². The molecule has 1 aliphatic rings. The SMILES string of the molecule is CC1CCC(CCNc2cc(C(N)=S)ccn2)CC1. The molecule has 1 aliphatic carbocycles.